The number of nitrogens with zero attached hydrogens (tertiary/aromatic N) is 2. The lowest BCUT2D eigenvalue weighted by Crippen LogP contribution is -2.27. The fourth-order valence-corrected chi connectivity index (χ4v) is 3.40. The number of benzene rings is 1. The van der Waals surface area contributed by atoms with E-state index in [2.05, 4.69) is 45.8 Å². The van der Waals surface area contributed by atoms with E-state index in [4.69, 9.17) is 9.26 Å². The van der Waals surface area contributed by atoms with Crippen LogP contribution in [0.4, 0.5) is 0 Å². The van der Waals surface area contributed by atoms with Crippen LogP contribution in [0.2, 0.25) is 0 Å². The number of fused-ring (bicyclic) bond motifs is 1. The van der Waals surface area contributed by atoms with E-state index in [9.17, 15) is 4.79 Å². The topological polar surface area (TPSA) is 55.6 Å². The second-order valence-electron chi connectivity index (χ2n) is 8.80. The van der Waals surface area contributed by atoms with Gasteiger partial charge in [0, 0.05) is 31.0 Å². The van der Waals surface area contributed by atoms with Crippen molar-refractivity contribution in [2.45, 2.75) is 73.1 Å². The van der Waals surface area contributed by atoms with Crippen LogP contribution in [-0.2, 0) is 17.6 Å². The van der Waals surface area contributed by atoms with Crippen molar-refractivity contribution in [2.75, 3.05) is 20.2 Å². The van der Waals surface area contributed by atoms with Gasteiger partial charge in [-0.15, -0.1) is 0 Å². The van der Waals surface area contributed by atoms with Gasteiger partial charge in [0.25, 0.3) is 0 Å². The summed E-state index contributed by atoms with van der Waals surface area (Å²) in [6, 6.07) is 4.09. The van der Waals surface area contributed by atoms with Crippen LogP contribution in [0.25, 0.3) is 11.0 Å². The molecule has 5 nitrogen and oxygen atoms in total. The molecule has 0 saturated carbocycles. The molecule has 0 saturated heterocycles. The highest BCUT2D eigenvalue weighted by Crippen LogP contribution is 2.33. The van der Waals surface area contributed by atoms with Gasteiger partial charge in [-0.1, -0.05) is 46.2 Å². The monoisotopic (exact) mass is 388 g/mol. The van der Waals surface area contributed by atoms with Crippen LogP contribution in [-0.4, -0.2) is 36.2 Å². The Bertz CT molecular complexity index is 774. The van der Waals surface area contributed by atoms with Gasteiger partial charge < -0.3 is 14.2 Å². The minimum absolute atomic E-state index is 0.154. The first-order valence-electron chi connectivity index (χ1n) is 10.5. The van der Waals surface area contributed by atoms with Gasteiger partial charge in [-0.05, 0) is 43.2 Å². The lowest BCUT2D eigenvalue weighted by molar-refractivity contribution is -0.130. The molecule has 2 aromatic rings. The summed E-state index contributed by atoms with van der Waals surface area (Å²) in [7, 11) is 1.86. The Morgan fingerprint density at radius 2 is 1.96 bits per heavy atom. The van der Waals surface area contributed by atoms with Crippen molar-refractivity contribution in [1.82, 2.24) is 10.1 Å². The minimum Gasteiger partial charge on any atom is -0.493 e. The Morgan fingerprint density at radius 3 is 2.61 bits per heavy atom. The first-order valence-corrected chi connectivity index (χ1v) is 10.5. The minimum atomic E-state index is 0.154. The molecule has 0 radical (unpaired) electrons. The fourth-order valence-electron chi connectivity index (χ4n) is 3.40. The van der Waals surface area contributed by atoms with Gasteiger partial charge in [0.15, 0.2) is 5.58 Å². The molecule has 0 fully saturated rings. The van der Waals surface area contributed by atoms with Gasteiger partial charge in [0.1, 0.15) is 5.75 Å². The zero-order valence-corrected chi connectivity index (χ0v) is 18.4. The Kier molecular flexibility index (Phi) is 7.90. The maximum absolute atomic E-state index is 12.1. The molecule has 0 unspecified atom stereocenters. The first-order chi connectivity index (χ1) is 13.3. The molecule has 0 aliphatic rings. The number of ether oxygens (including phenoxy) is 1. The van der Waals surface area contributed by atoms with Crippen LogP contribution in [0.5, 0.6) is 5.75 Å². The van der Waals surface area contributed by atoms with Crippen molar-refractivity contribution in [3.8, 4) is 5.75 Å². The standard InChI is InChI=1S/C23H36N2O3/c1-7-10-18-20(27-15-9-11-21(26)25(6)14-8-2)13-12-17-19(16-23(3,4)5)24-28-22(17)18/h12-13H,7-11,14-16H2,1-6H3. The smallest absolute Gasteiger partial charge is 0.222 e. The highest BCUT2D eigenvalue weighted by molar-refractivity contribution is 5.84. The third kappa shape index (κ3) is 5.98. The number of carbonyl (C=O) groups is 1. The summed E-state index contributed by atoms with van der Waals surface area (Å²) in [5.74, 6) is 1.03. The number of carbonyl (C=O) groups excluding carboxylic acids is 1. The van der Waals surface area contributed by atoms with Gasteiger partial charge in [-0.2, -0.15) is 0 Å². The fraction of sp³-hybridized carbons (Fsp3) is 0.652. The summed E-state index contributed by atoms with van der Waals surface area (Å²) in [4.78, 5) is 13.8. The normalized spacial score (nSPS) is 11.8. The van der Waals surface area contributed by atoms with Gasteiger partial charge in [-0.3, -0.25) is 4.79 Å². The highest BCUT2D eigenvalue weighted by atomic mass is 16.5. The molecule has 1 amide bonds. The van der Waals surface area contributed by atoms with Crippen LogP contribution >= 0.6 is 0 Å². The summed E-state index contributed by atoms with van der Waals surface area (Å²) in [5.41, 5.74) is 3.09. The second kappa shape index (κ2) is 9.94. The van der Waals surface area contributed by atoms with E-state index in [1.807, 2.05) is 13.1 Å². The maximum Gasteiger partial charge on any atom is 0.222 e. The second-order valence-corrected chi connectivity index (χ2v) is 8.80. The van der Waals surface area contributed by atoms with E-state index >= 15 is 0 Å². The number of amides is 1. The Labute approximate surface area is 169 Å². The van der Waals surface area contributed by atoms with Crippen molar-refractivity contribution in [2.24, 2.45) is 5.41 Å². The molecule has 1 aromatic carbocycles. The largest absolute Gasteiger partial charge is 0.493 e. The lowest BCUT2D eigenvalue weighted by atomic mass is 9.89. The molecule has 1 heterocycles. The molecule has 0 aliphatic carbocycles. The van der Waals surface area contributed by atoms with Gasteiger partial charge in [0.2, 0.25) is 5.91 Å². The van der Waals surface area contributed by atoms with E-state index in [-0.39, 0.29) is 11.3 Å². The quantitative estimate of drug-likeness (QED) is 0.512. The Hall–Kier alpha value is -2.04. The molecule has 0 N–H and O–H groups in total. The predicted octanol–water partition coefficient (Wildman–Crippen LogP) is 5.40. The maximum atomic E-state index is 12.1. The zero-order valence-electron chi connectivity index (χ0n) is 18.4. The highest BCUT2D eigenvalue weighted by Gasteiger charge is 2.20. The van der Waals surface area contributed by atoms with E-state index < -0.39 is 0 Å². The summed E-state index contributed by atoms with van der Waals surface area (Å²) < 4.78 is 11.8. The van der Waals surface area contributed by atoms with Crippen molar-refractivity contribution in [3.63, 3.8) is 0 Å². The van der Waals surface area contributed by atoms with Crippen LogP contribution < -0.4 is 4.74 Å². The molecule has 0 atom stereocenters. The van der Waals surface area contributed by atoms with Gasteiger partial charge >= 0.3 is 0 Å². The molecule has 28 heavy (non-hydrogen) atoms. The SMILES string of the molecule is CCCc1c(OCCCC(=O)N(C)CCC)ccc2c(CC(C)(C)C)noc12. The molecule has 0 aliphatic heterocycles. The third-order valence-electron chi connectivity index (χ3n) is 4.75. The third-order valence-corrected chi connectivity index (χ3v) is 4.75. The van der Waals surface area contributed by atoms with Crippen LogP contribution in [0.3, 0.4) is 0 Å². The van der Waals surface area contributed by atoms with Crippen molar-refractivity contribution in [1.29, 1.82) is 0 Å². The molecule has 5 heteroatoms. The van der Waals surface area contributed by atoms with E-state index in [1.165, 1.54) is 0 Å². The van der Waals surface area contributed by atoms with E-state index in [0.717, 1.165) is 60.2 Å². The van der Waals surface area contributed by atoms with Crippen molar-refractivity contribution >= 4 is 16.9 Å². The van der Waals surface area contributed by atoms with Crippen molar-refractivity contribution in [3.05, 3.63) is 23.4 Å². The van der Waals surface area contributed by atoms with Crippen molar-refractivity contribution < 1.29 is 14.1 Å². The molecule has 1 aromatic heterocycles. The van der Waals surface area contributed by atoms with E-state index in [1.54, 1.807) is 4.90 Å². The molecule has 156 valence electrons. The molecule has 0 spiro atoms. The zero-order chi connectivity index (χ0) is 20.7. The van der Waals surface area contributed by atoms with E-state index in [0.29, 0.717) is 19.4 Å². The molecule has 2 rings (SSSR count). The number of aromatic nitrogens is 1. The Morgan fingerprint density at radius 1 is 1.21 bits per heavy atom. The Balaban J connectivity index is 2.08. The summed E-state index contributed by atoms with van der Waals surface area (Å²) in [5, 5.41) is 5.43. The summed E-state index contributed by atoms with van der Waals surface area (Å²) >= 11 is 0. The van der Waals surface area contributed by atoms with Crippen LogP contribution in [0.15, 0.2) is 16.7 Å². The first kappa shape index (κ1) is 22.3. The van der Waals surface area contributed by atoms with Crippen LogP contribution in [0, 0.1) is 5.41 Å². The molecular formula is C23H36N2O3. The average molecular weight is 389 g/mol. The number of rotatable bonds is 10. The van der Waals surface area contributed by atoms with Gasteiger partial charge in [-0.25, -0.2) is 0 Å². The lowest BCUT2D eigenvalue weighted by Gasteiger charge is -2.17. The molecule has 0 bridgehead atoms. The number of aryl methyl sites for hydroxylation is 1. The average Bonchev–Trinajstić information content (AvgIpc) is 3.01. The summed E-state index contributed by atoms with van der Waals surface area (Å²) in [6.07, 6.45) is 4.97. The predicted molar refractivity (Wildman–Crippen MR) is 114 cm³/mol. The van der Waals surface area contributed by atoms with Crippen LogP contribution in [0.1, 0.15) is 71.6 Å². The number of hydrogen-bond acceptors (Lipinski definition) is 4. The number of hydrogen-bond donors (Lipinski definition) is 0. The molecular weight excluding hydrogens is 352 g/mol. The van der Waals surface area contributed by atoms with Gasteiger partial charge in [0.05, 0.1) is 12.3 Å². The summed E-state index contributed by atoms with van der Waals surface area (Å²) in [6.45, 7) is 12.2.